The van der Waals surface area contributed by atoms with Gasteiger partial charge in [0.15, 0.2) is 0 Å². The summed E-state index contributed by atoms with van der Waals surface area (Å²) in [5, 5.41) is 7.86. The van der Waals surface area contributed by atoms with Crippen LogP contribution in [0.2, 0.25) is 0 Å². The Hall–Kier alpha value is -3.13. The number of rotatable bonds is 8. The fourth-order valence-electron chi connectivity index (χ4n) is 5.64. The molecule has 5 nitrogen and oxygen atoms in total. The van der Waals surface area contributed by atoms with Crippen molar-refractivity contribution in [2.24, 2.45) is 23.7 Å². The Morgan fingerprint density at radius 1 is 1.03 bits per heavy atom. The first-order chi connectivity index (χ1) is 17.6. The van der Waals surface area contributed by atoms with Gasteiger partial charge < -0.3 is 5.32 Å². The van der Waals surface area contributed by atoms with Crippen LogP contribution in [-0.4, -0.2) is 33.7 Å². The summed E-state index contributed by atoms with van der Waals surface area (Å²) in [4.78, 5) is 15.2. The van der Waals surface area contributed by atoms with Gasteiger partial charge in [-0.15, -0.1) is 0 Å². The molecule has 1 saturated carbocycles. The van der Waals surface area contributed by atoms with Gasteiger partial charge in [-0.05, 0) is 67.0 Å². The minimum absolute atomic E-state index is 0.00222. The Bertz CT molecular complexity index is 1220. The van der Waals surface area contributed by atoms with Crippen LogP contribution in [0.5, 0.6) is 0 Å². The van der Waals surface area contributed by atoms with Crippen molar-refractivity contribution in [2.45, 2.75) is 46.0 Å². The van der Waals surface area contributed by atoms with Gasteiger partial charge >= 0.3 is 6.18 Å². The van der Waals surface area contributed by atoms with Crippen LogP contribution < -0.4 is 5.32 Å². The number of likely N-dealkylation sites (tertiary alicyclic amines) is 1. The number of fused-ring (bicyclic) bond motifs is 1. The van der Waals surface area contributed by atoms with Gasteiger partial charge in [-0.2, -0.15) is 18.3 Å². The Balaban J connectivity index is 1.16. The van der Waals surface area contributed by atoms with E-state index < -0.39 is 11.7 Å². The number of carbonyl (C=O) groups excluding carboxylic acids is 1. The number of aromatic nitrogens is 2. The van der Waals surface area contributed by atoms with E-state index in [1.807, 2.05) is 41.9 Å². The van der Waals surface area contributed by atoms with E-state index in [-0.39, 0.29) is 17.9 Å². The quantitative estimate of drug-likeness (QED) is 0.427. The minimum atomic E-state index is -4.33. The number of amides is 1. The van der Waals surface area contributed by atoms with Crippen LogP contribution in [0.3, 0.4) is 0 Å². The van der Waals surface area contributed by atoms with Crippen molar-refractivity contribution >= 4 is 5.91 Å². The molecule has 1 amide bonds. The zero-order valence-corrected chi connectivity index (χ0v) is 21.4. The summed E-state index contributed by atoms with van der Waals surface area (Å²) in [7, 11) is 0. The lowest BCUT2D eigenvalue weighted by Gasteiger charge is -2.27. The molecular formula is C29H33F3N4O. The van der Waals surface area contributed by atoms with Crippen LogP contribution in [0.1, 0.15) is 49.3 Å². The second kappa shape index (κ2) is 9.97. The van der Waals surface area contributed by atoms with Crippen LogP contribution in [0.4, 0.5) is 13.2 Å². The third-order valence-electron chi connectivity index (χ3n) is 7.69. The summed E-state index contributed by atoms with van der Waals surface area (Å²) in [6.45, 7) is 8.33. The van der Waals surface area contributed by atoms with E-state index >= 15 is 0 Å². The largest absolute Gasteiger partial charge is 0.416 e. The van der Waals surface area contributed by atoms with Crippen molar-refractivity contribution in [3.8, 4) is 5.69 Å². The molecule has 3 unspecified atom stereocenters. The number of piperidine rings is 1. The van der Waals surface area contributed by atoms with E-state index in [2.05, 4.69) is 30.1 Å². The molecule has 8 heteroatoms. The van der Waals surface area contributed by atoms with Crippen LogP contribution in [0.15, 0.2) is 60.7 Å². The van der Waals surface area contributed by atoms with Crippen molar-refractivity contribution in [1.29, 1.82) is 0 Å². The maximum atomic E-state index is 12.9. The van der Waals surface area contributed by atoms with Crippen molar-refractivity contribution in [3.05, 3.63) is 83.2 Å². The summed E-state index contributed by atoms with van der Waals surface area (Å²) >= 11 is 0. The minimum Gasteiger partial charge on any atom is -0.350 e. The number of halogens is 3. The summed E-state index contributed by atoms with van der Waals surface area (Å²) in [5.41, 5.74) is 3.21. The number of nitrogens with one attached hydrogen (secondary N) is 1. The molecule has 0 spiro atoms. The molecule has 0 bridgehead atoms. The van der Waals surface area contributed by atoms with Gasteiger partial charge in [0.25, 0.3) is 0 Å². The monoisotopic (exact) mass is 510 g/mol. The molecule has 1 aliphatic heterocycles. The topological polar surface area (TPSA) is 50.2 Å². The van der Waals surface area contributed by atoms with Crippen LogP contribution in [0, 0.1) is 23.7 Å². The molecule has 2 aliphatic rings. The van der Waals surface area contributed by atoms with Gasteiger partial charge in [-0.3, -0.25) is 9.69 Å². The smallest absolute Gasteiger partial charge is 0.350 e. The molecule has 37 heavy (non-hydrogen) atoms. The van der Waals surface area contributed by atoms with Gasteiger partial charge in [0, 0.05) is 30.7 Å². The van der Waals surface area contributed by atoms with Crippen molar-refractivity contribution < 1.29 is 18.0 Å². The Kier molecular flexibility index (Phi) is 6.88. The van der Waals surface area contributed by atoms with E-state index in [1.165, 1.54) is 0 Å². The highest BCUT2D eigenvalue weighted by Gasteiger charge is 2.59. The van der Waals surface area contributed by atoms with E-state index in [4.69, 9.17) is 5.10 Å². The molecule has 2 heterocycles. The number of hydrogen-bond acceptors (Lipinski definition) is 3. The van der Waals surface area contributed by atoms with E-state index in [0.717, 1.165) is 54.3 Å². The highest BCUT2D eigenvalue weighted by Crippen LogP contribution is 2.53. The predicted octanol–water partition coefficient (Wildman–Crippen LogP) is 5.64. The number of para-hydroxylation sites is 1. The van der Waals surface area contributed by atoms with Gasteiger partial charge in [0.2, 0.25) is 5.91 Å². The fraction of sp³-hybridized carbons (Fsp3) is 0.448. The molecule has 3 atom stereocenters. The molecule has 2 fully saturated rings. The SMILES string of the molecule is CC(C)Cc1cc(CNC(=O)C2C3CN(C(C)c4ccc(C(F)(F)F)cc4)CC32)nn1-c1ccccc1. The lowest BCUT2D eigenvalue weighted by Crippen LogP contribution is -2.33. The Labute approximate surface area is 215 Å². The first-order valence-electron chi connectivity index (χ1n) is 12.9. The molecule has 1 saturated heterocycles. The van der Waals surface area contributed by atoms with Gasteiger partial charge in [-0.25, -0.2) is 4.68 Å². The number of benzene rings is 2. The summed E-state index contributed by atoms with van der Waals surface area (Å²) in [6.07, 6.45) is -3.43. The average Bonchev–Trinajstić information content (AvgIpc) is 3.17. The maximum Gasteiger partial charge on any atom is 0.416 e. The molecule has 1 aliphatic carbocycles. The average molecular weight is 511 g/mol. The molecule has 1 aromatic heterocycles. The van der Waals surface area contributed by atoms with Gasteiger partial charge in [0.1, 0.15) is 0 Å². The van der Waals surface area contributed by atoms with Crippen LogP contribution >= 0.6 is 0 Å². The van der Waals surface area contributed by atoms with Crippen molar-refractivity contribution in [2.75, 3.05) is 13.1 Å². The molecule has 1 N–H and O–H groups in total. The molecule has 3 aromatic rings. The predicted molar refractivity (Wildman–Crippen MR) is 136 cm³/mol. The van der Waals surface area contributed by atoms with E-state index in [0.29, 0.717) is 24.3 Å². The zero-order valence-electron chi connectivity index (χ0n) is 21.4. The third kappa shape index (κ3) is 5.44. The van der Waals surface area contributed by atoms with E-state index in [9.17, 15) is 18.0 Å². The first-order valence-corrected chi connectivity index (χ1v) is 12.9. The standard InChI is InChI=1S/C29H33F3N4O/c1-18(2)13-24-14-22(34-36(24)23-7-5-4-6-8-23)15-33-28(37)27-25-16-35(17-26(25)27)19(3)20-9-11-21(12-10-20)29(30,31)32/h4-12,14,18-19,25-27H,13,15-17H2,1-3H3,(H,33,37). The zero-order chi connectivity index (χ0) is 26.3. The maximum absolute atomic E-state index is 12.9. The lowest BCUT2D eigenvalue weighted by atomic mass is 10.0. The fourth-order valence-corrected chi connectivity index (χ4v) is 5.64. The highest BCUT2D eigenvalue weighted by atomic mass is 19.4. The van der Waals surface area contributed by atoms with Gasteiger partial charge in [0.05, 0.1) is 23.5 Å². The number of alkyl halides is 3. The second-order valence-corrected chi connectivity index (χ2v) is 10.8. The lowest BCUT2D eigenvalue weighted by molar-refractivity contribution is -0.137. The molecule has 5 rings (SSSR count). The summed E-state index contributed by atoms with van der Waals surface area (Å²) in [6, 6.07) is 17.5. The Morgan fingerprint density at radius 2 is 1.68 bits per heavy atom. The number of hydrogen-bond donors (Lipinski definition) is 1. The number of carbonyl (C=O) groups is 1. The van der Waals surface area contributed by atoms with Gasteiger partial charge in [-0.1, -0.05) is 44.2 Å². The normalized spacial score (nSPS) is 22.2. The third-order valence-corrected chi connectivity index (χ3v) is 7.69. The molecule has 2 aromatic carbocycles. The van der Waals surface area contributed by atoms with E-state index in [1.54, 1.807) is 12.1 Å². The number of nitrogens with zero attached hydrogens (tertiary/aromatic N) is 3. The van der Waals surface area contributed by atoms with Crippen molar-refractivity contribution in [1.82, 2.24) is 20.0 Å². The summed E-state index contributed by atoms with van der Waals surface area (Å²) in [5.74, 6) is 1.16. The van der Waals surface area contributed by atoms with Crippen molar-refractivity contribution in [3.63, 3.8) is 0 Å². The molecular weight excluding hydrogens is 477 g/mol. The van der Waals surface area contributed by atoms with Crippen LogP contribution in [0.25, 0.3) is 5.69 Å². The molecule has 0 radical (unpaired) electrons. The van der Waals surface area contributed by atoms with Crippen LogP contribution in [-0.2, 0) is 23.9 Å². The first kappa shape index (κ1) is 25.5. The summed E-state index contributed by atoms with van der Waals surface area (Å²) < 4.78 is 40.6. The Morgan fingerprint density at radius 3 is 2.27 bits per heavy atom. The molecule has 196 valence electrons. The second-order valence-electron chi connectivity index (χ2n) is 10.8. The highest BCUT2D eigenvalue weighted by molar-refractivity contribution is 5.82.